The predicted molar refractivity (Wildman–Crippen MR) is 101 cm³/mol. The van der Waals surface area contributed by atoms with Crippen LogP contribution >= 0.6 is 0 Å². The molecule has 2 aromatic carbocycles. The Hall–Kier alpha value is -2.52. The van der Waals surface area contributed by atoms with Crippen LogP contribution in [-0.2, 0) is 21.2 Å². The van der Waals surface area contributed by atoms with Crippen molar-refractivity contribution in [2.24, 2.45) is 11.1 Å². The lowest BCUT2D eigenvalue weighted by molar-refractivity contribution is -0.120. The van der Waals surface area contributed by atoms with E-state index >= 15 is 0 Å². The molecule has 1 unspecified atom stereocenters. The normalized spacial score (nSPS) is 17.0. The minimum Gasteiger partial charge on any atom is -0.371 e. The molecule has 0 spiro atoms. The zero-order chi connectivity index (χ0) is 20.3. The van der Waals surface area contributed by atoms with Crippen molar-refractivity contribution in [2.45, 2.75) is 17.7 Å². The molecule has 3 N–H and O–H groups in total. The lowest BCUT2D eigenvalue weighted by Crippen LogP contribution is -2.32. The molecule has 0 saturated carbocycles. The number of hydrogen-bond acceptors (Lipinski definition) is 4. The van der Waals surface area contributed by atoms with E-state index in [1.54, 1.807) is 18.2 Å². The number of halogens is 2. The number of anilines is 1. The molecule has 150 valence electrons. The van der Waals surface area contributed by atoms with Gasteiger partial charge in [-0.1, -0.05) is 12.1 Å². The van der Waals surface area contributed by atoms with Crippen molar-refractivity contribution < 1.29 is 22.0 Å². The van der Waals surface area contributed by atoms with Gasteiger partial charge in [-0.15, -0.1) is 0 Å². The van der Waals surface area contributed by atoms with Crippen LogP contribution in [0.25, 0.3) is 0 Å². The molecule has 1 heterocycles. The third-order valence-corrected chi connectivity index (χ3v) is 5.69. The zero-order valence-corrected chi connectivity index (χ0v) is 15.9. The van der Waals surface area contributed by atoms with Crippen LogP contribution in [0, 0.1) is 17.6 Å². The van der Waals surface area contributed by atoms with Gasteiger partial charge >= 0.3 is 0 Å². The maximum Gasteiger partial charge on any atom is 0.238 e. The van der Waals surface area contributed by atoms with Crippen LogP contribution in [0.4, 0.5) is 14.5 Å². The summed E-state index contributed by atoms with van der Waals surface area (Å²) >= 11 is 0. The first-order chi connectivity index (χ1) is 13.2. The molecule has 6 nitrogen and oxygen atoms in total. The average Bonchev–Trinajstić information content (AvgIpc) is 3.11. The monoisotopic (exact) mass is 409 g/mol. The summed E-state index contributed by atoms with van der Waals surface area (Å²) in [5.41, 5.74) is 1.31. The molecule has 0 aromatic heterocycles. The maximum atomic E-state index is 13.4. The van der Waals surface area contributed by atoms with Crippen LogP contribution in [0.3, 0.4) is 0 Å². The highest BCUT2D eigenvalue weighted by atomic mass is 32.2. The summed E-state index contributed by atoms with van der Waals surface area (Å²) in [5, 5.41) is 7.91. The molecule has 2 aromatic rings. The Balaban J connectivity index is 1.48. The number of hydrogen-bond donors (Lipinski definition) is 2. The molecule has 1 aliphatic rings. The van der Waals surface area contributed by atoms with Crippen molar-refractivity contribution in [3.8, 4) is 0 Å². The molecule has 28 heavy (non-hydrogen) atoms. The zero-order valence-electron chi connectivity index (χ0n) is 15.1. The van der Waals surface area contributed by atoms with Crippen LogP contribution in [0.2, 0.25) is 0 Å². The third-order valence-electron chi connectivity index (χ3n) is 4.76. The number of rotatable bonds is 6. The number of carbonyl (C=O) groups is 1. The average molecular weight is 409 g/mol. The van der Waals surface area contributed by atoms with Crippen LogP contribution in [0.1, 0.15) is 12.0 Å². The van der Waals surface area contributed by atoms with Crippen LogP contribution in [0.5, 0.6) is 0 Å². The molecule has 1 fully saturated rings. The van der Waals surface area contributed by atoms with Gasteiger partial charge in [0.2, 0.25) is 15.9 Å². The topological polar surface area (TPSA) is 92.5 Å². The summed E-state index contributed by atoms with van der Waals surface area (Å²) in [6.07, 6.45) is 0.965. The van der Waals surface area contributed by atoms with E-state index in [0.29, 0.717) is 30.9 Å². The first-order valence-electron chi connectivity index (χ1n) is 8.81. The molecule has 9 heteroatoms. The van der Waals surface area contributed by atoms with Gasteiger partial charge in [0.05, 0.1) is 11.3 Å². The van der Waals surface area contributed by atoms with Crippen molar-refractivity contribution in [1.82, 2.24) is 5.32 Å². The quantitative estimate of drug-likeness (QED) is 0.761. The van der Waals surface area contributed by atoms with E-state index < -0.39 is 21.7 Å². The fraction of sp³-hybridized carbons (Fsp3) is 0.316. The number of nitrogens with zero attached hydrogens (tertiary/aromatic N) is 1. The third kappa shape index (κ3) is 5.05. The van der Waals surface area contributed by atoms with E-state index in [1.807, 2.05) is 4.90 Å². The highest BCUT2D eigenvalue weighted by Crippen LogP contribution is 2.25. The van der Waals surface area contributed by atoms with Crippen LogP contribution in [0.15, 0.2) is 47.4 Å². The van der Waals surface area contributed by atoms with Crippen molar-refractivity contribution in [2.75, 3.05) is 24.5 Å². The largest absolute Gasteiger partial charge is 0.371 e. The number of benzene rings is 2. The minimum absolute atomic E-state index is 0.0000601. The van der Waals surface area contributed by atoms with Crippen LogP contribution < -0.4 is 15.4 Å². The summed E-state index contributed by atoms with van der Waals surface area (Å²) in [4.78, 5) is 14.1. The fourth-order valence-corrected chi connectivity index (χ4v) is 3.73. The molecule has 1 aliphatic heterocycles. The lowest BCUT2D eigenvalue weighted by atomic mass is 10.1. The van der Waals surface area contributed by atoms with Gasteiger partial charge in [0.15, 0.2) is 11.6 Å². The van der Waals surface area contributed by atoms with Gasteiger partial charge in [-0.05, 0) is 42.2 Å². The Morgan fingerprint density at radius 1 is 1.14 bits per heavy atom. The maximum absolute atomic E-state index is 13.4. The summed E-state index contributed by atoms with van der Waals surface area (Å²) in [6.45, 7) is 1.84. The van der Waals surface area contributed by atoms with Crippen molar-refractivity contribution in [3.63, 3.8) is 0 Å². The molecule has 1 amide bonds. The molecular formula is C19H21F2N3O3S. The number of nitrogens with one attached hydrogen (secondary N) is 1. The molecule has 0 bridgehead atoms. The van der Waals surface area contributed by atoms with Gasteiger partial charge in [-0.3, -0.25) is 4.79 Å². The van der Waals surface area contributed by atoms with Gasteiger partial charge in [0.1, 0.15) is 0 Å². The van der Waals surface area contributed by atoms with E-state index in [2.05, 4.69) is 5.32 Å². The first kappa shape index (κ1) is 20.2. The molecule has 3 rings (SSSR count). The summed E-state index contributed by atoms with van der Waals surface area (Å²) in [7, 11) is -3.75. The fourth-order valence-electron chi connectivity index (χ4n) is 3.22. The molecular weight excluding hydrogens is 388 g/mol. The molecule has 0 radical (unpaired) electrons. The van der Waals surface area contributed by atoms with E-state index in [4.69, 9.17) is 5.14 Å². The predicted octanol–water partition coefficient (Wildman–Crippen LogP) is 1.80. The highest BCUT2D eigenvalue weighted by molar-refractivity contribution is 7.89. The second-order valence-electron chi connectivity index (χ2n) is 6.87. The van der Waals surface area contributed by atoms with E-state index in [0.717, 1.165) is 12.5 Å². The Labute approximate surface area is 162 Å². The highest BCUT2D eigenvalue weighted by Gasteiger charge is 2.23. The summed E-state index contributed by atoms with van der Waals surface area (Å²) in [6, 6.07) is 9.69. The van der Waals surface area contributed by atoms with Crippen molar-refractivity contribution >= 4 is 21.6 Å². The first-order valence-corrected chi connectivity index (χ1v) is 10.4. The smallest absolute Gasteiger partial charge is 0.238 e. The SMILES string of the molecule is NS(=O)(=O)c1ccc(CC(=O)NCC2CCN(c3ccc(F)c(F)c3)C2)cc1. The van der Waals surface area contributed by atoms with Gasteiger partial charge in [-0.25, -0.2) is 22.3 Å². The Morgan fingerprint density at radius 2 is 1.86 bits per heavy atom. The number of sulfonamides is 1. The number of nitrogens with two attached hydrogens (primary N) is 1. The summed E-state index contributed by atoms with van der Waals surface area (Å²) < 4.78 is 48.9. The number of amides is 1. The molecule has 0 aliphatic carbocycles. The standard InChI is InChI=1S/C19H21F2N3O3S/c20-17-6-3-15(10-18(17)21)24-8-7-14(12-24)11-23-19(25)9-13-1-4-16(5-2-13)28(22,26)27/h1-6,10,14H,7-9,11-12H2,(H,23,25)(H2,22,26,27). The van der Waals surface area contributed by atoms with E-state index in [1.165, 1.54) is 18.2 Å². The van der Waals surface area contributed by atoms with Crippen molar-refractivity contribution in [1.29, 1.82) is 0 Å². The Morgan fingerprint density at radius 3 is 2.50 bits per heavy atom. The van der Waals surface area contributed by atoms with Crippen molar-refractivity contribution in [3.05, 3.63) is 59.7 Å². The van der Waals surface area contributed by atoms with Gasteiger partial charge in [0, 0.05) is 31.4 Å². The second kappa shape index (κ2) is 8.24. The van der Waals surface area contributed by atoms with Crippen LogP contribution in [-0.4, -0.2) is 34.0 Å². The summed E-state index contributed by atoms with van der Waals surface area (Å²) in [5.74, 6) is -1.71. The van der Waals surface area contributed by atoms with E-state index in [9.17, 15) is 22.0 Å². The Kier molecular flexibility index (Phi) is 5.95. The Bertz CT molecular complexity index is 965. The number of carbonyl (C=O) groups excluding carboxylic acids is 1. The molecule has 1 atom stereocenters. The minimum atomic E-state index is -3.75. The lowest BCUT2D eigenvalue weighted by Gasteiger charge is -2.19. The van der Waals surface area contributed by atoms with Gasteiger partial charge in [0.25, 0.3) is 0 Å². The number of primary sulfonamides is 1. The second-order valence-corrected chi connectivity index (χ2v) is 8.43. The molecule has 1 saturated heterocycles. The van der Waals surface area contributed by atoms with Gasteiger partial charge < -0.3 is 10.2 Å². The van der Waals surface area contributed by atoms with E-state index in [-0.39, 0.29) is 23.1 Å². The van der Waals surface area contributed by atoms with Gasteiger partial charge in [-0.2, -0.15) is 0 Å².